The molecule has 1 aromatic rings. The zero-order valence-corrected chi connectivity index (χ0v) is 25.8. The van der Waals surface area contributed by atoms with Crippen molar-refractivity contribution in [3.8, 4) is 0 Å². The first-order valence-corrected chi connectivity index (χ1v) is 15.6. The van der Waals surface area contributed by atoms with Crippen LogP contribution in [0.15, 0.2) is 43.5 Å². The number of carbonyl (C=O) groups is 3. The summed E-state index contributed by atoms with van der Waals surface area (Å²) in [6, 6.07) is 4.99. The van der Waals surface area contributed by atoms with Gasteiger partial charge < -0.3 is 24.4 Å². The van der Waals surface area contributed by atoms with Crippen LogP contribution in [0, 0.1) is 25.7 Å². The highest BCUT2D eigenvalue weighted by Gasteiger charge is 2.77. The molecular formula is C32H43BrN2O6. The molecule has 8 nitrogen and oxygen atoms in total. The van der Waals surface area contributed by atoms with Gasteiger partial charge in [-0.3, -0.25) is 14.4 Å². The van der Waals surface area contributed by atoms with Crippen molar-refractivity contribution in [3.05, 3.63) is 54.6 Å². The largest absolute Gasteiger partial charge is 0.465 e. The van der Waals surface area contributed by atoms with Gasteiger partial charge in [-0.1, -0.05) is 46.3 Å². The van der Waals surface area contributed by atoms with E-state index in [1.54, 1.807) is 15.9 Å². The van der Waals surface area contributed by atoms with E-state index in [9.17, 15) is 19.5 Å². The van der Waals surface area contributed by atoms with Crippen LogP contribution in [-0.4, -0.2) is 76.7 Å². The van der Waals surface area contributed by atoms with Crippen molar-refractivity contribution in [1.82, 2.24) is 4.90 Å². The molecule has 6 atom stereocenters. The minimum atomic E-state index is -1.15. The van der Waals surface area contributed by atoms with Gasteiger partial charge in [0, 0.05) is 30.2 Å². The van der Waals surface area contributed by atoms with Crippen molar-refractivity contribution in [2.75, 3.05) is 31.2 Å². The van der Waals surface area contributed by atoms with E-state index < -0.39 is 35.6 Å². The van der Waals surface area contributed by atoms with Crippen LogP contribution in [0.3, 0.4) is 0 Å². The second-order valence-corrected chi connectivity index (χ2v) is 12.6. The number of benzene rings is 1. The molecule has 2 amide bonds. The lowest BCUT2D eigenvalue weighted by Crippen LogP contribution is -2.57. The number of aliphatic hydroxyl groups is 1. The van der Waals surface area contributed by atoms with Gasteiger partial charge in [-0.05, 0) is 69.9 Å². The SMILES string of the molecule is C=CCCCCOC(=O)[C@H]1[C@@H]2OC3(CC2Br)C(C(=O)N(CC=C)c2c(C)cccc2C)N(CCCCCO)C(=O)[C@H]13. The Bertz CT molecular complexity index is 1140. The number of likely N-dealkylation sites (tertiary alicyclic amines) is 1. The number of carbonyl (C=O) groups excluding carboxylic acids is 3. The van der Waals surface area contributed by atoms with Gasteiger partial charge in [-0.2, -0.15) is 0 Å². The van der Waals surface area contributed by atoms with E-state index in [1.807, 2.05) is 38.1 Å². The second-order valence-electron chi connectivity index (χ2n) is 11.4. The number of nitrogens with zero attached hydrogens (tertiary/aromatic N) is 2. The summed E-state index contributed by atoms with van der Waals surface area (Å²) in [7, 11) is 0. The molecule has 0 saturated carbocycles. The number of amides is 2. The Kier molecular flexibility index (Phi) is 10.5. The Morgan fingerprint density at radius 3 is 2.56 bits per heavy atom. The molecule has 224 valence electrons. The highest BCUT2D eigenvalue weighted by atomic mass is 79.9. The number of ether oxygens (including phenoxy) is 2. The van der Waals surface area contributed by atoms with Crippen LogP contribution in [0.2, 0.25) is 0 Å². The summed E-state index contributed by atoms with van der Waals surface area (Å²) in [6.07, 6.45) is 7.79. The summed E-state index contributed by atoms with van der Waals surface area (Å²) in [5, 5.41) is 9.29. The lowest BCUT2D eigenvalue weighted by molar-refractivity contribution is -0.155. The molecule has 1 N–H and O–H groups in total. The van der Waals surface area contributed by atoms with Crippen LogP contribution >= 0.6 is 15.9 Å². The zero-order chi connectivity index (χ0) is 29.7. The van der Waals surface area contributed by atoms with Crippen LogP contribution in [0.5, 0.6) is 0 Å². The summed E-state index contributed by atoms with van der Waals surface area (Å²) >= 11 is 3.72. The van der Waals surface area contributed by atoms with Crippen molar-refractivity contribution in [2.45, 2.75) is 81.4 Å². The van der Waals surface area contributed by atoms with Crippen molar-refractivity contribution < 1.29 is 29.0 Å². The number of para-hydroxylation sites is 1. The molecule has 1 aromatic carbocycles. The first-order valence-electron chi connectivity index (χ1n) is 14.7. The van der Waals surface area contributed by atoms with E-state index in [1.165, 1.54) is 0 Å². The maximum Gasteiger partial charge on any atom is 0.312 e. The van der Waals surface area contributed by atoms with E-state index in [0.717, 1.165) is 29.7 Å². The minimum absolute atomic E-state index is 0.0688. The first-order chi connectivity index (χ1) is 19.7. The van der Waals surface area contributed by atoms with E-state index in [4.69, 9.17) is 9.47 Å². The quantitative estimate of drug-likeness (QED) is 0.131. The molecule has 4 rings (SSSR count). The maximum atomic E-state index is 14.7. The molecule has 0 radical (unpaired) electrons. The lowest BCUT2D eigenvalue weighted by atomic mass is 9.70. The number of hydrogen-bond donors (Lipinski definition) is 1. The average molecular weight is 632 g/mol. The van der Waals surface area contributed by atoms with Gasteiger partial charge in [-0.15, -0.1) is 13.2 Å². The van der Waals surface area contributed by atoms with Gasteiger partial charge in [0.25, 0.3) is 5.91 Å². The second kappa shape index (κ2) is 13.7. The summed E-state index contributed by atoms with van der Waals surface area (Å²) in [4.78, 5) is 45.5. The van der Waals surface area contributed by atoms with Crippen molar-refractivity contribution in [3.63, 3.8) is 0 Å². The van der Waals surface area contributed by atoms with E-state index >= 15 is 0 Å². The Morgan fingerprint density at radius 1 is 1.17 bits per heavy atom. The molecule has 1 spiro atoms. The van der Waals surface area contributed by atoms with Crippen molar-refractivity contribution in [2.24, 2.45) is 11.8 Å². The average Bonchev–Trinajstić information content (AvgIpc) is 3.53. The number of fused-ring (bicyclic) bond motifs is 1. The van der Waals surface area contributed by atoms with Crippen LogP contribution in [0.1, 0.15) is 56.1 Å². The van der Waals surface area contributed by atoms with E-state index in [0.29, 0.717) is 38.6 Å². The molecular weight excluding hydrogens is 588 g/mol. The number of hydrogen-bond acceptors (Lipinski definition) is 6. The van der Waals surface area contributed by atoms with E-state index in [2.05, 4.69) is 29.1 Å². The fraction of sp³-hybridized carbons (Fsp3) is 0.594. The van der Waals surface area contributed by atoms with Crippen LogP contribution in [0.25, 0.3) is 0 Å². The summed E-state index contributed by atoms with van der Waals surface area (Å²) in [5.41, 5.74) is 1.54. The first kappa shape index (κ1) is 31.4. The monoisotopic (exact) mass is 630 g/mol. The number of unbranched alkanes of at least 4 members (excludes halogenated alkanes) is 4. The summed E-state index contributed by atoms with van der Waals surface area (Å²) < 4.78 is 12.3. The molecule has 3 heterocycles. The predicted molar refractivity (Wildman–Crippen MR) is 162 cm³/mol. The standard InChI is InChI=1S/C32H43BrN2O6/c1-5-7-8-12-19-40-31(39)24-25-29(37)35(17-10-9-11-18-36)28(32(25)20-23(33)27(24)41-32)30(38)34(16-6-2)26-21(3)14-13-15-22(26)4/h5-6,13-15,23-25,27-28,36H,1-2,7-12,16-20H2,3-4H3/t23?,24-,25+,27-,28?,32?/m1/s1. The molecule has 3 fully saturated rings. The predicted octanol–water partition coefficient (Wildman–Crippen LogP) is 4.63. The number of alkyl halides is 1. The highest BCUT2D eigenvalue weighted by Crippen LogP contribution is 2.60. The Hall–Kier alpha value is -2.49. The number of aliphatic hydroxyl groups excluding tert-OH is 1. The third-order valence-electron chi connectivity index (χ3n) is 8.69. The molecule has 3 unspecified atom stereocenters. The number of allylic oxidation sites excluding steroid dienone is 1. The molecule has 9 heteroatoms. The van der Waals surface area contributed by atoms with Crippen molar-refractivity contribution >= 4 is 39.4 Å². The number of aryl methyl sites for hydroxylation is 2. The van der Waals surface area contributed by atoms with E-state index in [-0.39, 0.29) is 36.4 Å². The Morgan fingerprint density at radius 2 is 1.90 bits per heavy atom. The summed E-state index contributed by atoms with van der Waals surface area (Å²) in [6.45, 7) is 12.5. The third kappa shape index (κ3) is 5.90. The molecule has 2 bridgehead atoms. The highest BCUT2D eigenvalue weighted by molar-refractivity contribution is 9.09. The van der Waals surface area contributed by atoms with Gasteiger partial charge >= 0.3 is 5.97 Å². The van der Waals surface area contributed by atoms with Gasteiger partial charge in [0.1, 0.15) is 11.6 Å². The normalized spacial score (nSPS) is 28.0. The van der Waals surface area contributed by atoms with Gasteiger partial charge in [0.2, 0.25) is 5.91 Å². The number of esters is 1. The fourth-order valence-electron chi connectivity index (χ4n) is 6.95. The minimum Gasteiger partial charge on any atom is -0.465 e. The maximum absolute atomic E-state index is 14.7. The number of rotatable bonds is 15. The van der Waals surface area contributed by atoms with Crippen LogP contribution < -0.4 is 4.90 Å². The number of anilines is 1. The third-order valence-corrected chi connectivity index (χ3v) is 9.53. The fourth-order valence-corrected chi connectivity index (χ4v) is 7.89. The van der Waals surface area contributed by atoms with Gasteiger partial charge in [0.05, 0.1) is 24.5 Å². The molecule has 3 aliphatic rings. The molecule has 0 aromatic heterocycles. The molecule has 3 saturated heterocycles. The molecule has 0 aliphatic carbocycles. The smallest absolute Gasteiger partial charge is 0.312 e. The van der Waals surface area contributed by atoms with Gasteiger partial charge in [-0.25, -0.2) is 0 Å². The topological polar surface area (TPSA) is 96.4 Å². The lowest BCUT2D eigenvalue weighted by Gasteiger charge is -2.37. The Labute approximate surface area is 251 Å². The summed E-state index contributed by atoms with van der Waals surface area (Å²) in [5.74, 6) is -2.49. The molecule has 3 aliphatic heterocycles. The molecule has 41 heavy (non-hydrogen) atoms. The Balaban J connectivity index is 1.70. The van der Waals surface area contributed by atoms with Gasteiger partial charge in [0.15, 0.2) is 0 Å². The van der Waals surface area contributed by atoms with Crippen LogP contribution in [0.4, 0.5) is 5.69 Å². The zero-order valence-electron chi connectivity index (χ0n) is 24.2. The van der Waals surface area contributed by atoms with Crippen molar-refractivity contribution in [1.29, 1.82) is 0 Å². The van der Waals surface area contributed by atoms with Crippen LogP contribution in [-0.2, 0) is 23.9 Å². The number of halogens is 1.